The van der Waals surface area contributed by atoms with Crippen molar-refractivity contribution in [1.29, 1.82) is 0 Å². The van der Waals surface area contributed by atoms with Crippen LogP contribution < -0.4 is 20.9 Å². The van der Waals surface area contributed by atoms with E-state index in [4.69, 9.17) is 12.3 Å². The van der Waals surface area contributed by atoms with E-state index in [0.717, 1.165) is 6.26 Å². The van der Waals surface area contributed by atoms with Gasteiger partial charge in [0.15, 0.2) is 0 Å². The summed E-state index contributed by atoms with van der Waals surface area (Å²) in [7, 11) is -1.98. The van der Waals surface area contributed by atoms with E-state index in [2.05, 4.69) is 20.1 Å². The van der Waals surface area contributed by atoms with Gasteiger partial charge in [0.1, 0.15) is 5.82 Å². The summed E-state index contributed by atoms with van der Waals surface area (Å²) in [6.07, 6.45) is 2.50. The predicted octanol–water partition coefficient (Wildman–Crippen LogP) is 5.15. The summed E-state index contributed by atoms with van der Waals surface area (Å²) in [5.74, 6) is 0.298. The van der Waals surface area contributed by atoms with Crippen molar-refractivity contribution >= 4 is 43.9 Å². The van der Waals surface area contributed by atoms with Crippen molar-refractivity contribution in [2.24, 2.45) is 0 Å². The van der Waals surface area contributed by atoms with Gasteiger partial charge < -0.3 is 11.1 Å². The van der Waals surface area contributed by atoms with Gasteiger partial charge in [-0.25, -0.2) is 23.2 Å². The molecule has 5 aromatic rings. The zero-order chi connectivity index (χ0) is 29.3. The lowest BCUT2D eigenvalue weighted by atomic mass is 9.97. The molecule has 11 heteroatoms. The summed E-state index contributed by atoms with van der Waals surface area (Å²) >= 11 is 0. The Bertz CT molecular complexity index is 1980. The van der Waals surface area contributed by atoms with Crippen molar-refractivity contribution in [3.05, 3.63) is 113 Å². The van der Waals surface area contributed by atoms with Crippen LogP contribution in [0.2, 0.25) is 0 Å². The van der Waals surface area contributed by atoms with Crippen LogP contribution in [0.15, 0.2) is 89.9 Å². The lowest BCUT2D eigenvalue weighted by Crippen LogP contribution is -2.26. The van der Waals surface area contributed by atoms with E-state index >= 15 is 0 Å². The third-order valence-electron chi connectivity index (χ3n) is 6.81. The number of nitrogen functional groups attached to an aromatic ring is 1. The van der Waals surface area contributed by atoms with Crippen molar-refractivity contribution in [2.45, 2.75) is 13.0 Å². The Labute approximate surface area is 237 Å². The molecule has 41 heavy (non-hydrogen) atoms. The third kappa shape index (κ3) is 5.33. The normalized spacial score (nSPS) is 12.0. The van der Waals surface area contributed by atoms with Gasteiger partial charge in [0.2, 0.25) is 21.7 Å². The molecule has 2 aromatic heterocycles. The first-order valence-corrected chi connectivity index (χ1v) is 14.5. The number of nitrogens with two attached hydrogens (primary N) is 1. The maximum Gasteiger partial charge on any atom is 0.263 e. The highest BCUT2D eigenvalue weighted by Crippen LogP contribution is 2.33. The molecule has 0 radical (unpaired) electrons. The van der Waals surface area contributed by atoms with Crippen LogP contribution >= 0.6 is 0 Å². The smallest absolute Gasteiger partial charge is 0.263 e. The Morgan fingerprint density at radius 1 is 1.05 bits per heavy atom. The first kappa shape index (κ1) is 27.4. The van der Waals surface area contributed by atoms with Crippen LogP contribution in [0.25, 0.3) is 32.4 Å². The zero-order valence-corrected chi connectivity index (χ0v) is 23.4. The molecule has 0 amide bonds. The summed E-state index contributed by atoms with van der Waals surface area (Å²) in [6.45, 7) is 9.35. The molecule has 2 heterocycles. The molecule has 0 spiro atoms. The molecule has 1 atom stereocenters. The quantitative estimate of drug-likeness (QED) is 0.261. The number of hydrogen-bond acceptors (Lipinski definition) is 7. The molecule has 0 aliphatic heterocycles. The number of nitrogens with zero attached hydrogens (tertiary/aromatic N) is 5. The lowest BCUT2D eigenvalue weighted by molar-refractivity contribution is 0.600. The van der Waals surface area contributed by atoms with Crippen molar-refractivity contribution in [3.8, 4) is 16.8 Å². The first-order valence-electron chi connectivity index (χ1n) is 12.6. The highest BCUT2D eigenvalue weighted by atomic mass is 32.2. The van der Waals surface area contributed by atoms with Gasteiger partial charge in [0, 0.05) is 24.6 Å². The highest BCUT2D eigenvalue weighted by Gasteiger charge is 2.21. The SMILES string of the molecule is [C-]#[N+]c1cnc(N)nc1N[C@@H](C)c1cc2cccc(-c3cccc(N(C)S(C)(=O)=O)c3)c2c(=O)n1-c1ccccc1. The monoisotopic (exact) mass is 565 g/mol. The Balaban J connectivity index is 1.73. The number of fused-ring (bicyclic) bond motifs is 1. The molecular weight excluding hydrogens is 538 g/mol. The highest BCUT2D eigenvalue weighted by molar-refractivity contribution is 7.92. The van der Waals surface area contributed by atoms with Gasteiger partial charge in [-0.1, -0.05) is 48.5 Å². The number of nitrogens with one attached hydrogen (secondary N) is 1. The van der Waals surface area contributed by atoms with Crippen LogP contribution in [0.3, 0.4) is 0 Å². The molecule has 5 rings (SSSR count). The van der Waals surface area contributed by atoms with Crippen LogP contribution in [0, 0.1) is 6.57 Å². The van der Waals surface area contributed by atoms with E-state index in [0.29, 0.717) is 39.0 Å². The molecule has 0 aliphatic rings. The fourth-order valence-electron chi connectivity index (χ4n) is 4.70. The second-order valence-corrected chi connectivity index (χ2v) is 11.5. The number of sulfonamides is 1. The second-order valence-electron chi connectivity index (χ2n) is 9.54. The zero-order valence-electron chi connectivity index (χ0n) is 22.6. The van der Waals surface area contributed by atoms with Crippen LogP contribution in [0.4, 0.5) is 23.1 Å². The fourth-order valence-corrected chi connectivity index (χ4v) is 5.20. The third-order valence-corrected chi connectivity index (χ3v) is 8.02. The van der Waals surface area contributed by atoms with E-state index in [1.165, 1.54) is 17.5 Å². The molecule has 0 bridgehead atoms. The van der Waals surface area contributed by atoms with Crippen molar-refractivity contribution in [2.75, 3.05) is 28.7 Å². The van der Waals surface area contributed by atoms with Crippen LogP contribution in [0.1, 0.15) is 18.7 Å². The number of benzene rings is 3. The Morgan fingerprint density at radius 3 is 2.49 bits per heavy atom. The molecule has 0 aliphatic carbocycles. The van der Waals surface area contributed by atoms with Crippen LogP contribution in [-0.4, -0.2) is 36.3 Å². The fraction of sp³-hybridized carbons (Fsp3) is 0.133. The second kappa shape index (κ2) is 10.7. The maximum atomic E-state index is 14.4. The Hall–Kier alpha value is -5.21. The summed E-state index contributed by atoms with van der Waals surface area (Å²) < 4.78 is 27.2. The minimum absolute atomic E-state index is 0.0273. The number of pyridine rings is 1. The average molecular weight is 566 g/mol. The van der Waals surface area contributed by atoms with Crippen molar-refractivity contribution in [3.63, 3.8) is 0 Å². The molecular formula is C30H27N7O3S. The maximum absolute atomic E-state index is 14.4. The lowest BCUT2D eigenvalue weighted by Gasteiger charge is -2.23. The Kier molecular flexibility index (Phi) is 7.17. The standard InChI is InChI=1S/C30H27N7O3S/c1-19(34-28-25(32-2)18-33-30(31)35-28)26-17-21-11-9-15-24(20-10-8-14-23(16-20)36(3)41(4,39)40)27(21)29(38)37(26)22-12-6-5-7-13-22/h5-19H,1,3-4H3,(H3,31,33,34,35)/t19-/m0/s1. The number of rotatable bonds is 7. The van der Waals surface area contributed by atoms with Gasteiger partial charge in [-0.3, -0.25) is 13.7 Å². The molecule has 0 unspecified atom stereocenters. The topological polar surface area (TPSA) is 128 Å². The van der Waals surface area contributed by atoms with Gasteiger partial charge in [-0.2, -0.15) is 0 Å². The van der Waals surface area contributed by atoms with E-state index in [9.17, 15) is 13.2 Å². The van der Waals surface area contributed by atoms with Gasteiger partial charge in [-0.05, 0) is 53.8 Å². The molecule has 0 fully saturated rings. The van der Waals surface area contributed by atoms with Gasteiger partial charge in [-0.15, -0.1) is 0 Å². The molecule has 206 valence electrons. The Morgan fingerprint density at radius 2 is 1.78 bits per heavy atom. The largest absolute Gasteiger partial charge is 0.371 e. The summed E-state index contributed by atoms with van der Waals surface area (Å²) in [5, 5.41) is 4.43. The van der Waals surface area contributed by atoms with Crippen LogP contribution in [0.5, 0.6) is 0 Å². The summed E-state index contributed by atoms with van der Waals surface area (Å²) in [4.78, 5) is 26.0. The van der Waals surface area contributed by atoms with E-state index < -0.39 is 16.1 Å². The number of para-hydroxylation sites is 1. The number of hydrogen-bond donors (Lipinski definition) is 2. The molecule has 0 saturated carbocycles. The van der Waals surface area contributed by atoms with E-state index in [1.807, 2.05) is 67.6 Å². The van der Waals surface area contributed by atoms with Crippen LogP contribution in [-0.2, 0) is 10.0 Å². The van der Waals surface area contributed by atoms with Gasteiger partial charge in [0.05, 0.1) is 29.9 Å². The molecule has 3 N–H and O–H groups in total. The summed E-state index contributed by atoms with van der Waals surface area (Å²) in [5.41, 5.74) is 8.92. The minimum atomic E-state index is -3.47. The first-order chi connectivity index (χ1) is 19.6. The number of anilines is 3. The van der Waals surface area contributed by atoms with Gasteiger partial charge in [0.25, 0.3) is 5.56 Å². The van der Waals surface area contributed by atoms with Crippen molar-refractivity contribution < 1.29 is 8.42 Å². The van der Waals surface area contributed by atoms with E-state index in [-0.39, 0.29) is 23.0 Å². The number of aromatic nitrogens is 3. The molecule has 3 aromatic carbocycles. The minimum Gasteiger partial charge on any atom is -0.371 e. The summed E-state index contributed by atoms with van der Waals surface area (Å²) in [6, 6.07) is 23.4. The van der Waals surface area contributed by atoms with Crippen molar-refractivity contribution in [1.82, 2.24) is 14.5 Å². The molecule has 0 saturated heterocycles. The molecule has 10 nitrogen and oxygen atoms in total. The van der Waals surface area contributed by atoms with E-state index in [1.54, 1.807) is 22.8 Å². The van der Waals surface area contributed by atoms with Gasteiger partial charge >= 0.3 is 0 Å². The predicted molar refractivity (Wildman–Crippen MR) is 163 cm³/mol. The average Bonchev–Trinajstić information content (AvgIpc) is 2.96.